The lowest BCUT2D eigenvalue weighted by Gasteiger charge is -2.35. The Labute approximate surface area is 159 Å². The van der Waals surface area contributed by atoms with Crippen LogP contribution in [0.5, 0.6) is 0 Å². The van der Waals surface area contributed by atoms with Crippen LogP contribution in [0.15, 0.2) is 23.0 Å². The maximum absolute atomic E-state index is 12.6. The van der Waals surface area contributed by atoms with Crippen molar-refractivity contribution in [2.75, 3.05) is 19.6 Å². The summed E-state index contributed by atoms with van der Waals surface area (Å²) < 4.78 is 4.86. The van der Waals surface area contributed by atoms with Crippen molar-refractivity contribution >= 4 is 17.7 Å². The smallest absolute Gasteiger partial charge is 0.254 e. The molecule has 148 valence electrons. The highest BCUT2D eigenvalue weighted by atomic mass is 16.3. The molecule has 1 aromatic rings. The topological polar surface area (TPSA) is 91.7 Å². The Morgan fingerprint density at radius 2 is 1.81 bits per heavy atom. The zero-order valence-corrected chi connectivity index (χ0v) is 15.7. The first-order chi connectivity index (χ1) is 13.1. The minimum absolute atomic E-state index is 0.0699. The third-order valence-corrected chi connectivity index (χ3v) is 5.55. The predicted octanol–water partition coefficient (Wildman–Crippen LogP) is 2.09. The first kappa shape index (κ1) is 19.5. The molecule has 7 heteroatoms. The van der Waals surface area contributed by atoms with Crippen LogP contribution in [0.2, 0.25) is 0 Å². The average Bonchev–Trinajstić information content (AvgIpc) is 3.23. The third-order valence-electron chi connectivity index (χ3n) is 5.55. The summed E-state index contributed by atoms with van der Waals surface area (Å²) >= 11 is 0. The second-order valence-corrected chi connectivity index (χ2v) is 7.52. The quantitative estimate of drug-likeness (QED) is 0.796. The molecule has 1 saturated heterocycles. The normalized spacial score (nSPS) is 18.9. The van der Waals surface area contributed by atoms with E-state index in [4.69, 9.17) is 4.42 Å². The number of piperidine rings is 1. The molecule has 0 atom stereocenters. The number of carbonyl (C=O) groups is 3. The molecule has 0 bridgehead atoms. The van der Waals surface area contributed by atoms with E-state index in [1.165, 1.54) is 31.8 Å². The molecule has 1 aromatic heterocycles. The van der Waals surface area contributed by atoms with Crippen LogP contribution < -0.4 is 10.6 Å². The molecule has 2 fully saturated rings. The number of nitrogens with zero attached hydrogens (tertiary/aromatic N) is 1. The molecule has 2 N–H and O–H groups in total. The van der Waals surface area contributed by atoms with E-state index in [-0.39, 0.29) is 36.7 Å². The molecule has 27 heavy (non-hydrogen) atoms. The third kappa shape index (κ3) is 5.58. The lowest BCUT2D eigenvalue weighted by atomic mass is 9.87. The predicted molar refractivity (Wildman–Crippen MR) is 100.0 cm³/mol. The Bertz CT molecular complexity index is 630. The molecule has 0 spiro atoms. The molecule has 3 rings (SSSR count). The summed E-state index contributed by atoms with van der Waals surface area (Å²) in [7, 11) is 0. The van der Waals surface area contributed by atoms with Crippen molar-refractivity contribution in [3.8, 4) is 0 Å². The summed E-state index contributed by atoms with van der Waals surface area (Å²) in [5.74, 6) is 0.204. The van der Waals surface area contributed by atoms with Crippen LogP contribution in [0.3, 0.4) is 0 Å². The van der Waals surface area contributed by atoms with E-state index in [0.29, 0.717) is 11.5 Å². The standard InChI is InChI=1S/C20H29N3O4/c24-18(6-10-21-19(25)16-9-13-27-14-16)22-17-7-11-23(12-8-17)20(26)15-4-2-1-3-5-15/h9,13-15,17H,1-8,10-12H2,(H,21,25)(H,22,24). The summed E-state index contributed by atoms with van der Waals surface area (Å²) in [6.07, 6.45) is 10.3. The number of likely N-dealkylation sites (tertiary alicyclic amines) is 1. The van der Waals surface area contributed by atoms with Gasteiger partial charge in [0.1, 0.15) is 6.26 Å². The monoisotopic (exact) mass is 375 g/mol. The molecular formula is C20H29N3O4. The fourth-order valence-corrected chi connectivity index (χ4v) is 3.94. The Morgan fingerprint density at radius 3 is 2.48 bits per heavy atom. The number of rotatable bonds is 6. The van der Waals surface area contributed by atoms with Gasteiger partial charge in [-0.15, -0.1) is 0 Å². The molecular weight excluding hydrogens is 346 g/mol. The van der Waals surface area contributed by atoms with E-state index >= 15 is 0 Å². The van der Waals surface area contributed by atoms with E-state index in [0.717, 1.165) is 38.8 Å². The maximum Gasteiger partial charge on any atom is 0.254 e. The number of nitrogens with one attached hydrogen (secondary N) is 2. The highest BCUT2D eigenvalue weighted by molar-refractivity contribution is 5.94. The summed E-state index contributed by atoms with van der Waals surface area (Å²) in [4.78, 5) is 38.4. The minimum Gasteiger partial charge on any atom is -0.472 e. The summed E-state index contributed by atoms with van der Waals surface area (Å²) in [6, 6.07) is 1.69. The van der Waals surface area contributed by atoms with Crippen molar-refractivity contribution in [2.45, 2.75) is 57.4 Å². The van der Waals surface area contributed by atoms with Crippen LogP contribution in [0.25, 0.3) is 0 Å². The molecule has 2 heterocycles. The van der Waals surface area contributed by atoms with Crippen molar-refractivity contribution < 1.29 is 18.8 Å². The highest BCUT2D eigenvalue weighted by Gasteiger charge is 2.29. The van der Waals surface area contributed by atoms with Gasteiger partial charge >= 0.3 is 0 Å². The molecule has 0 aromatic carbocycles. The van der Waals surface area contributed by atoms with Crippen LogP contribution in [-0.4, -0.2) is 48.3 Å². The van der Waals surface area contributed by atoms with Crippen LogP contribution in [0.1, 0.15) is 61.7 Å². The second kappa shape index (κ2) is 9.58. The minimum atomic E-state index is -0.244. The van der Waals surface area contributed by atoms with Gasteiger partial charge in [-0.2, -0.15) is 0 Å². The van der Waals surface area contributed by atoms with Gasteiger partial charge in [0.15, 0.2) is 0 Å². The average molecular weight is 375 g/mol. The van der Waals surface area contributed by atoms with Gasteiger partial charge in [-0.05, 0) is 31.7 Å². The molecule has 3 amide bonds. The first-order valence-corrected chi connectivity index (χ1v) is 10.0. The summed E-state index contributed by atoms with van der Waals surface area (Å²) in [6.45, 7) is 1.73. The van der Waals surface area contributed by atoms with Gasteiger partial charge in [0, 0.05) is 38.0 Å². The van der Waals surface area contributed by atoms with E-state index in [2.05, 4.69) is 10.6 Å². The fourth-order valence-electron chi connectivity index (χ4n) is 3.94. The first-order valence-electron chi connectivity index (χ1n) is 10.0. The van der Waals surface area contributed by atoms with Crippen LogP contribution in [0.4, 0.5) is 0 Å². The number of hydrogen-bond acceptors (Lipinski definition) is 4. The van der Waals surface area contributed by atoms with Crippen molar-refractivity contribution in [1.29, 1.82) is 0 Å². The lowest BCUT2D eigenvalue weighted by Crippen LogP contribution is -2.48. The number of amides is 3. The lowest BCUT2D eigenvalue weighted by molar-refractivity contribution is -0.137. The van der Waals surface area contributed by atoms with Gasteiger partial charge in [-0.1, -0.05) is 19.3 Å². The van der Waals surface area contributed by atoms with E-state index in [1.54, 1.807) is 6.07 Å². The molecule has 7 nitrogen and oxygen atoms in total. The van der Waals surface area contributed by atoms with Crippen molar-refractivity contribution in [3.63, 3.8) is 0 Å². The van der Waals surface area contributed by atoms with Gasteiger partial charge in [-0.25, -0.2) is 0 Å². The Kier molecular flexibility index (Phi) is 6.90. The molecule has 2 aliphatic rings. The number of carbonyl (C=O) groups excluding carboxylic acids is 3. The zero-order valence-electron chi connectivity index (χ0n) is 15.7. The van der Waals surface area contributed by atoms with E-state index < -0.39 is 0 Å². The highest BCUT2D eigenvalue weighted by Crippen LogP contribution is 2.26. The summed E-state index contributed by atoms with van der Waals surface area (Å²) in [5, 5.41) is 5.72. The molecule has 1 aliphatic carbocycles. The van der Waals surface area contributed by atoms with Crippen molar-refractivity contribution in [1.82, 2.24) is 15.5 Å². The number of hydrogen-bond donors (Lipinski definition) is 2. The van der Waals surface area contributed by atoms with E-state index in [9.17, 15) is 14.4 Å². The van der Waals surface area contributed by atoms with Gasteiger partial charge in [0.25, 0.3) is 5.91 Å². The maximum atomic E-state index is 12.6. The Hall–Kier alpha value is -2.31. The van der Waals surface area contributed by atoms with Crippen LogP contribution in [0, 0.1) is 5.92 Å². The molecule has 0 radical (unpaired) electrons. The second-order valence-electron chi connectivity index (χ2n) is 7.52. The molecule has 0 unspecified atom stereocenters. The Morgan fingerprint density at radius 1 is 1.07 bits per heavy atom. The van der Waals surface area contributed by atoms with Gasteiger partial charge < -0.3 is 20.0 Å². The van der Waals surface area contributed by atoms with Crippen LogP contribution in [-0.2, 0) is 9.59 Å². The Balaban J connectivity index is 1.32. The summed E-state index contributed by atoms with van der Waals surface area (Å²) in [5.41, 5.74) is 0.449. The largest absolute Gasteiger partial charge is 0.472 e. The van der Waals surface area contributed by atoms with Gasteiger partial charge in [0.05, 0.1) is 11.8 Å². The fraction of sp³-hybridized carbons (Fsp3) is 0.650. The van der Waals surface area contributed by atoms with Crippen molar-refractivity contribution in [3.05, 3.63) is 24.2 Å². The van der Waals surface area contributed by atoms with Crippen molar-refractivity contribution in [2.24, 2.45) is 5.92 Å². The SMILES string of the molecule is O=C(CCNC(=O)c1ccoc1)NC1CCN(C(=O)C2CCCCC2)CC1. The zero-order chi connectivity index (χ0) is 19.1. The number of furan rings is 1. The molecule has 1 aliphatic heterocycles. The van der Waals surface area contributed by atoms with Gasteiger partial charge in [-0.3, -0.25) is 14.4 Å². The van der Waals surface area contributed by atoms with Gasteiger partial charge in [0.2, 0.25) is 11.8 Å². The van der Waals surface area contributed by atoms with E-state index in [1.807, 2.05) is 4.90 Å². The van der Waals surface area contributed by atoms with Crippen LogP contribution >= 0.6 is 0 Å². The molecule has 1 saturated carbocycles.